The molecule has 1 aliphatic heterocycles. The molecule has 0 fully saturated rings. The second-order valence-electron chi connectivity index (χ2n) is 4.91. The lowest BCUT2D eigenvalue weighted by atomic mass is 10.1. The number of anilines is 1. The molecule has 4 nitrogen and oxygen atoms in total. The van der Waals surface area contributed by atoms with E-state index >= 15 is 0 Å². The van der Waals surface area contributed by atoms with Crippen molar-refractivity contribution < 1.29 is 0 Å². The number of fused-ring (bicyclic) bond motifs is 1. The highest BCUT2D eigenvalue weighted by atomic mass is 79.9. The summed E-state index contributed by atoms with van der Waals surface area (Å²) in [4.78, 5) is 11.1. The van der Waals surface area contributed by atoms with Crippen LogP contribution in [0.15, 0.2) is 29.0 Å². The molecular formula is C15H13BrN4. The van der Waals surface area contributed by atoms with Gasteiger partial charge in [0.2, 0.25) is 0 Å². The van der Waals surface area contributed by atoms with Crippen molar-refractivity contribution in [3.63, 3.8) is 0 Å². The van der Waals surface area contributed by atoms with Crippen LogP contribution in [-0.4, -0.2) is 16.5 Å². The molecule has 1 aliphatic rings. The zero-order chi connectivity index (χ0) is 14.1. The molecule has 0 unspecified atom stereocenters. The first kappa shape index (κ1) is 13.1. The molecule has 2 aromatic heterocycles. The standard InChI is InChI=1S/C15H13BrN4/c1-10-4-11(6-17)7-19-15(10)20-3-2-14-12(9-20)5-13(16)8-18-14/h4-5,7-8H,2-3,9H2,1H3. The molecule has 0 aliphatic carbocycles. The second kappa shape index (κ2) is 5.22. The van der Waals surface area contributed by atoms with Crippen molar-refractivity contribution in [3.05, 3.63) is 51.4 Å². The average molecular weight is 329 g/mol. The predicted octanol–water partition coefficient (Wildman–Crippen LogP) is 2.98. The van der Waals surface area contributed by atoms with Crippen molar-refractivity contribution in [1.82, 2.24) is 9.97 Å². The van der Waals surface area contributed by atoms with E-state index in [9.17, 15) is 0 Å². The quantitative estimate of drug-likeness (QED) is 0.807. The van der Waals surface area contributed by atoms with Gasteiger partial charge in [0.15, 0.2) is 0 Å². The molecule has 0 atom stereocenters. The van der Waals surface area contributed by atoms with E-state index in [4.69, 9.17) is 5.26 Å². The molecule has 100 valence electrons. The highest BCUT2D eigenvalue weighted by Gasteiger charge is 2.20. The molecule has 0 N–H and O–H groups in total. The van der Waals surface area contributed by atoms with Gasteiger partial charge in [-0.25, -0.2) is 4.98 Å². The number of nitrogens with zero attached hydrogens (tertiary/aromatic N) is 4. The predicted molar refractivity (Wildman–Crippen MR) is 80.4 cm³/mol. The molecule has 0 saturated carbocycles. The zero-order valence-electron chi connectivity index (χ0n) is 11.1. The zero-order valence-corrected chi connectivity index (χ0v) is 12.7. The van der Waals surface area contributed by atoms with Crippen molar-refractivity contribution >= 4 is 21.7 Å². The van der Waals surface area contributed by atoms with Crippen LogP contribution in [0.1, 0.15) is 22.4 Å². The largest absolute Gasteiger partial charge is 0.352 e. The maximum Gasteiger partial charge on any atom is 0.131 e. The number of hydrogen-bond acceptors (Lipinski definition) is 4. The minimum atomic E-state index is 0.605. The number of rotatable bonds is 1. The van der Waals surface area contributed by atoms with Crippen LogP contribution in [0.3, 0.4) is 0 Å². The lowest BCUT2D eigenvalue weighted by Crippen LogP contribution is -2.32. The molecule has 0 spiro atoms. The molecular weight excluding hydrogens is 316 g/mol. The Kier molecular flexibility index (Phi) is 3.41. The van der Waals surface area contributed by atoms with E-state index in [0.29, 0.717) is 5.56 Å². The van der Waals surface area contributed by atoms with Gasteiger partial charge in [0.1, 0.15) is 11.9 Å². The third-order valence-electron chi connectivity index (χ3n) is 3.49. The summed E-state index contributed by atoms with van der Waals surface area (Å²) in [6.45, 7) is 3.71. The molecule has 2 aromatic rings. The number of pyridine rings is 2. The van der Waals surface area contributed by atoms with E-state index in [2.05, 4.69) is 42.9 Å². The van der Waals surface area contributed by atoms with Crippen molar-refractivity contribution in [2.45, 2.75) is 19.9 Å². The van der Waals surface area contributed by atoms with Gasteiger partial charge in [0, 0.05) is 42.1 Å². The highest BCUT2D eigenvalue weighted by Crippen LogP contribution is 2.26. The molecule has 3 rings (SSSR count). The van der Waals surface area contributed by atoms with Gasteiger partial charge in [-0.15, -0.1) is 0 Å². The minimum absolute atomic E-state index is 0.605. The van der Waals surface area contributed by atoms with Gasteiger partial charge in [-0.05, 0) is 46.1 Å². The fourth-order valence-corrected chi connectivity index (χ4v) is 2.92. The summed E-state index contributed by atoms with van der Waals surface area (Å²) in [5, 5.41) is 8.91. The molecule has 0 aromatic carbocycles. The highest BCUT2D eigenvalue weighted by molar-refractivity contribution is 9.10. The molecule has 0 amide bonds. The maximum atomic E-state index is 8.91. The number of aryl methyl sites for hydroxylation is 1. The van der Waals surface area contributed by atoms with E-state index < -0.39 is 0 Å². The van der Waals surface area contributed by atoms with Crippen LogP contribution in [0.4, 0.5) is 5.82 Å². The Morgan fingerprint density at radius 3 is 2.90 bits per heavy atom. The number of nitriles is 1. The third-order valence-corrected chi connectivity index (χ3v) is 3.92. The fourth-order valence-electron chi connectivity index (χ4n) is 2.54. The van der Waals surface area contributed by atoms with Crippen LogP contribution in [0.5, 0.6) is 0 Å². The normalized spacial score (nSPS) is 13.8. The van der Waals surface area contributed by atoms with E-state index in [0.717, 1.165) is 41.1 Å². The van der Waals surface area contributed by atoms with Crippen LogP contribution < -0.4 is 4.90 Å². The molecule has 20 heavy (non-hydrogen) atoms. The monoisotopic (exact) mass is 328 g/mol. The third kappa shape index (κ3) is 2.39. The van der Waals surface area contributed by atoms with Crippen molar-refractivity contribution in [2.24, 2.45) is 0 Å². The molecule has 0 radical (unpaired) electrons. The lowest BCUT2D eigenvalue weighted by molar-refractivity contribution is 0.699. The Balaban J connectivity index is 1.92. The Hall–Kier alpha value is -1.93. The van der Waals surface area contributed by atoms with Gasteiger partial charge in [-0.2, -0.15) is 5.26 Å². The number of aromatic nitrogens is 2. The first-order valence-corrected chi connectivity index (χ1v) is 7.21. The van der Waals surface area contributed by atoms with Crippen molar-refractivity contribution in [3.8, 4) is 6.07 Å². The lowest BCUT2D eigenvalue weighted by Gasteiger charge is -2.30. The molecule has 3 heterocycles. The SMILES string of the molecule is Cc1cc(C#N)cnc1N1CCc2ncc(Br)cc2C1. The maximum absolute atomic E-state index is 8.91. The molecule has 0 bridgehead atoms. The summed E-state index contributed by atoms with van der Waals surface area (Å²) in [5.74, 6) is 0.953. The van der Waals surface area contributed by atoms with Gasteiger partial charge in [-0.1, -0.05) is 0 Å². The summed E-state index contributed by atoms with van der Waals surface area (Å²) in [6, 6.07) is 6.13. The summed E-state index contributed by atoms with van der Waals surface area (Å²) in [6.07, 6.45) is 4.40. The van der Waals surface area contributed by atoms with E-state index in [1.54, 1.807) is 6.20 Å². The summed E-state index contributed by atoms with van der Waals surface area (Å²) in [7, 11) is 0. The van der Waals surface area contributed by atoms with Gasteiger partial charge in [-0.3, -0.25) is 4.98 Å². The smallest absolute Gasteiger partial charge is 0.131 e. The van der Waals surface area contributed by atoms with Crippen LogP contribution in [0, 0.1) is 18.3 Å². The number of halogens is 1. The van der Waals surface area contributed by atoms with Gasteiger partial charge in [0.05, 0.1) is 5.56 Å². The van der Waals surface area contributed by atoms with Crippen molar-refractivity contribution in [2.75, 3.05) is 11.4 Å². The van der Waals surface area contributed by atoms with E-state index in [1.807, 2.05) is 19.2 Å². The van der Waals surface area contributed by atoms with E-state index in [-0.39, 0.29) is 0 Å². The Labute approximate surface area is 126 Å². The Morgan fingerprint density at radius 1 is 1.30 bits per heavy atom. The fraction of sp³-hybridized carbons (Fsp3) is 0.267. The van der Waals surface area contributed by atoms with Gasteiger partial charge in [0.25, 0.3) is 0 Å². The van der Waals surface area contributed by atoms with E-state index in [1.165, 1.54) is 5.56 Å². The summed E-state index contributed by atoms with van der Waals surface area (Å²) >= 11 is 3.47. The average Bonchev–Trinajstić information content (AvgIpc) is 2.46. The second-order valence-corrected chi connectivity index (χ2v) is 5.82. The van der Waals surface area contributed by atoms with Crippen LogP contribution in [-0.2, 0) is 13.0 Å². The van der Waals surface area contributed by atoms with Crippen molar-refractivity contribution in [1.29, 1.82) is 5.26 Å². The van der Waals surface area contributed by atoms with Crippen LogP contribution in [0.25, 0.3) is 0 Å². The Morgan fingerprint density at radius 2 is 2.15 bits per heavy atom. The van der Waals surface area contributed by atoms with Gasteiger partial charge >= 0.3 is 0 Å². The number of hydrogen-bond donors (Lipinski definition) is 0. The first-order valence-electron chi connectivity index (χ1n) is 6.42. The van der Waals surface area contributed by atoms with Crippen LogP contribution >= 0.6 is 15.9 Å². The summed E-state index contributed by atoms with van der Waals surface area (Å²) < 4.78 is 1.00. The first-order chi connectivity index (χ1) is 9.67. The molecule has 0 saturated heterocycles. The molecule has 5 heteroatoms. The summed E-state index contributed by atoms with van der Waals surface area (Å²) in [5.41, 5.74) is 4.04. The Bertz CT molecular complexity index is 706. The topological polar surface area (TPSA) is 52.8 Å². The van der Waals surface area contributed by atoms with Crippen LogP contribution in [0.2, 0.25) is 0 Å². The minimum Gasteiger partial charge on any atom is -0.352 e. The van der Waals surface area contributed by atoms with Gasteiger partial charge < -0.3 is 4.90 Å².